The summed E-state index contributed by atoms with van der Waals surface area (Å²) >= 11 is 1.79. The van der Waals surface area contributed by atoms with Gasteiger partial charge < -0.3 is 0 Å². The first-order chi connectivity index (χ1) is 7.36. The fourth-order valence-corrected chi connectivity index (χ4v) is 8.07. The predicted molar refractivity (Wildman–Crippen MR) is 66.1 cm³/mol. The Morgan fingerprint density at radius 2 is 1.40 bits per heavy atom. The summed E-state index contributed by atoms with van der Waals surface area (Å²) in [5.41, 5.74) is 0. The summed E-state index contributed by atoms with van der Waals surface area (Å²) in [5, 5.41) is 21.8. The third kappa shape index (κ3) is 6.31. The Hall–Kier alpha value is 0.958. The Balaban J connectivity index is 2.23. The van der Waals surface area contributed by atoms with E-state index in [0.717, 1.165) is 10.6 Å². The number of aliphatic hydroxyl groups excluding tert-OH is 2. The van der Waals surface area contributed by atoms with Crippen molar-refractivity contribution in [2.24, 2.45) is 0 Å². The molecule has 1 aromatic heterocycles. The van der Waals surface area contributed by atoms with Crippen LogP contribution in [0.1, 0.15) is 8.87 Å². The van der Waals surface area contributed by atoms with E-state index >= 15 is 0 Å². The maximum atomic E-state index is 8.70. The Kier molecular flexibility index (Phi) is 8.45. The molecule has 0 fully saturated rings. The van der Waals surface area contributed by atoms with Crippen molar-refractivity contribution in [3.05, 3.63) is 21.0 Å². The zero-order chi connectivity index (χ0) is 10.9. The standard InChI is InChI=1S/C10H16O2Se3/c11-3-5-13-7-9-1-2-10(15-9)8-14-6-4-12/h1-2,11-12H,3-8H2. The van der Waals surface area contributed by atoms with Crippen LogP contribution in [-0.2, 0) is 10.6 Å². The monoisotopic (exact) mass is 408 g/mol. The number of rotatable bonds is 8. The summed E-state index contributed by atoms with van der Waals surface area (Å²) in [6.45, 7) is 0.695. The van der Waals surface area contributed by atoms with Crippen LogP contribution in [-0.4, -0.2) is 67.8 Å². The summed E-state index contributed by atoms with van der Waals surface area (Å²) < 4.78 is 3.21. The van der Waals surface area contributed by atoms with E-state index in [9.17, 15) is 0 Å². The number of hydrogen-bond acceptors (Lipinski definition) is 2. The molecule has 0 saturated heterocycles. The second-order valence-electron chi connectivity index (χ2n) is 2.92. The van der Waals surface area contributed by atoms with Crippen molar-refractivity contribution in [2.45, 2.75) is 21.3 Å². The van der Waals surface area contributed by atoms with Gasteiger partial charge in [0.15, 0.2) is 0 Å². The van der Waals surface area contributed by atoms with E-state index in [1.807, 2.05) is 0 Å². The van der Waals surface area contributed by atoms with Crippen molar-refractivity contribution in [1.82, 2.24) is 0 Å². The minimum absolute atomic E-state index is 0.347. The van der Waals surface area contributed by atoms with Crippen LogP contribution in [0, 0.1) is 0 Å². The van der Waals surface area contributed by atoms with Gasteiger partial charge in [0.25, 0.3) is 0 Å². The van der Waals surface area contributed by atoms with Crippen LogP contribution in [0.5, 0.6) is 0 Å². The molecular formula is C10H16O2Se3. The van der Waals surface area contributed by atoms with Gasteiger partial charge in [-0.1, -0.05) is 0 Å². The molecule has 1 heterocycles. The van der Waals surface area contributed by atoms with Crippen molar-refractivity contribution in [2.75, 3.05) is 13.2 Å². The van der Waals surface area contributed by atoms with E-state index < -0.39 is 0 Å². The third-order valence-corrected chi connectivity index (χ3v) is 9.95. The van der Waals surface area contributed by atoms with Gasteiger partial charge in [-0.05, 0) is 0 Å². The summed E-state index contributed by atoms with van der Waals surface area (Å²) in [6, 6.07) is 4.56. The Labute approximate surface area is 110 Å². The maximum absolute atomic E-state index is 8.70. The molecule has 0 aliphatic rings. The van der Waals surface area contributed by atoms with Crippen LogP contribution >= 0.6 is 0 Å². The van der Waals surface area contributed by atoms with E-state index in [2.05, 4.69) is 12.1 Å². The SMILES string of the molecule is OCC[Se]Cc1ccc(C[Se]CCO)[se]1. The van der Waals surface area contributed by atoms with E-state index in [-0.39, 0.29) is 0 Å². The van der Waals surface area contributed by atoms with E-state index in [1.165, 1.54) is 10.6 Å². The van der Waals surface area contributed by atoms with Crippen molar-refractivity contribution in [3.63, 3.8) is 0 Å². The Bertz CT molecular complexity index is 238. The third-order valence-electron chi connectivity index (χ3n) is 1.68. The van der Waals surface area contributed by atoms with E-state index in [0.29, 0.717) is 57.6 Å². The van der Waals surface area contributed by atoms with Crippen LogP contribution in [0.3, 0.4) is 0 Å². The first kappa shape index (κ1) is 14.0. The van der Waals surface area contributed by atoms with Gasteiger partial charge in [0, 0.05) is 0 Å². The summed E-state index contributed by atoms with van der Waals surface area (Å²) in [7, 11) is 0. The summed E-state index contributed by atoms with van der Waals surface area (Å²) in [6.07, 6.45) is 0. The molecule has 1 rings (SSSR count). The van der Waals surface area contributed by atoms with Gasteiger partial charge in [0.1, 0.15) is 0 Å². The first-order valence-electron chi connectivity index (χ1n) is 4.81. The van der Waals surface area contributed by atoms with Gasteiger partial charge in [-0.15, -0.1) is 0 Å². The quantitative estimate of drug-likeness (QED) is 0.472. The fourth-order valence-electron chi connectivity index (χ4n) is 1.05. The van der Waals surface area contributed by atoms with Gasteiger partial charge in [-0.2, -0.15) is 0 Å². The van der Waals surface area contributed by atoms with Crippen LogP contribution in [0.2, 0.25) is 10.6 Å². The Morgan fingerprint density at radius 3 is 1.80 bits per heavy atom. The number of aliphatic hydroxyl groups is 2. The molecule has 2 N–H and O–H groups in total. The molecule has 1 aromatic rings. The average molecular weight is 405 g/mol. The first-order valence-corrected chi connectivity index (χ1v) is 11.4. The van der Waals surface area contributed by atoms with Crippen LogP contribution < -0.4 is 0 Å². The minimum atomic E-state index is 0.347. The van der Waals surface area contributed by atoms with Crippen LogP contribution in [0.25, 0.3) is 0 Å². The van der Waals surface area contributed by atoms with Gasteiger partial charge in [-0.25, -0.2) is 0 Å². The second kappa shape index (κ2) is 9.04. The van der Waals surface area contributed by atoms with Crippen molar-refractivity contribution < 1.29 is 10.2 Å². The van der Waals surface area contributed by atoms with Gasteiger partial charge >= 0.3 is 110 Å². The van der Waals surface area contributed by atoms with Crippen molar-refractivity contribution in [3.8, 4) is 0 Å². The van der Waals surface area contributed by atoms with Crippen LogP contribution in [0.15, 0.2) is 12.1 Å². The summed E-state index contributed by atoms with van der Waals surface area (Å²) in [4.78, 5) is 0. The zero-order valence-electron chi connectivity index (χ0n) is 8.52. The summed E-state index contributed by atoms with van der Waals surface area (Å²) in [5.74, 6) is 0. The average Bonchev–Trinajstić information content (AvgIpc) is 2.67. The molecule has 86 valence electrons. The predicted octanol–water partition coefficient (Wildman–Crippen LogP) is -0.0268. The molecule has 0 aliphatic carbocycles. The molecule has 0 aliphatic heterocycles. The van der Waals surface area contributed by atoms with Gasteiger partial charge in [0.05, 0.1) is 0 Å². The molecule has 15 heavy (non-hydrogen) atoms. The molecule has 5 heteroatoms. The molecule has 0 radical (unpaired) electrons. The fraction of sp³-hybridized carbons (Fsp3) is 0.600. The zero-order valence-corrected chi connectivity index (χ0v) is 13.7. The van der Waals surface area contributed by atoms with E-state index in [1.54, 1.807) is 8.87 Å². The topological polar surface area (TPSA) is 40.5 Å². The molecule has 0 unspecified atom stereocenters. The molecule has 0 amide bonds. The molecule has 0 bridgehead atoms. The van der Waals surface area contributed by atoms with Gasteiger partial charge in [-0.3, -0.25) is 0 Å². The normalized spacial score (nSPS) is 10.8. The molecular weight excluding hydrogens is 389 g/mol. The Morgan fingerprint density at radius 1 is 0.933 bits per heavy atom. The van der Waals surface area contributed by atoms with Crippen molar-refractivity contribution in [1.29, 1.82) is 0 Å². The van der Waals surface area contributed by atoms with Crippen molar-refractivity contribution >= 4 is 44.4 Å². The molecule has 0 spiro atoms. The van der Waals surface area contributed by atoms with E-state index in [4.69, 9.17) is 10.2 Å². The van der Waals surface area contributed by atoms with Crippen LogP contribution in [0.4, 0.5) is 0 Å². The van der Waals surface area contributed by atoms with Gasteiger partial charge in [0.2, 0.25) is 0 Å². The second-order valence-corrected chi connectivity index (χ2v) is 10.2. The molecule has 0 atom stereocenters. The molecule has 0 aromatic carbocycles. The molecule has 0 saturated carbocycles. The molecule has 2 nitrogen and oxygen atoms in total. The number of hydrogen-bond donors (Lipinski definition) is 2.